The molecule has 1 aliphatic rings. The molecule has 0 radical (unpaired) electrons. The number of anilines is 1. The van der Waals surface area contributed by atoms with Crippen molar-refractivity contribution in [3.05, 3.63) is 63.2 Å². The standard InChI is InChI=1S/C18H17N3O5/c1-11-9-12(3-5-15(11)21(24)25)17(22)19-13-4-6-16-14(10-13)18(23)20(2)7-8-26-16/h3-6,9-10H,7-8H2,1-2H3,(H,19,22). The normalized spacial score (nSPS) is 13.5. The van der Waals surface area contributed by atoms with Crippen molar-refractivity contribution in [3.63, 3.8) is 0 Å². The first-order valence-electron chi connectivity index (χ1n) is 7.95. The molecule has 26 heavy (non-hydrogen) atoms. The second-order valence-electron chi connectivity index (χ2n) is 6.00. The van der Waals surface area contributed by atoms with Gasteiger partial charge in [0.2, 0.25) is 0 Å². The Balaban J connectivity index is 1.84. The van der Waals surface area contributed by atoms with Crippen LogP contribution in [0.5, 0.6) is 5.75 Å². The minimum absolute atomic E-state index is 0.0441. The molecule has 0 spiro atoms. The van der Waals surface area contributed by atoms with E-state index in [2.05, 4.69) is 5.32 Å². The van der Waals surface area contributed by atoms with Crippen LogP contribution >= 0.6 is 0 Å². The van der Waals surface area contributed by atoms with E-state index in [0.29, 0.717) is 41.3 Å². The fourth-order valence-electron chi connectivity index (χ4n) is 2.71. The number of likely N-dealkylation sites (N-methyl/N-ethyl adjacent to an activating group) is 1. The average Bonchev–Trinajstić information content (AvgIpc) is 2.74. The molecule has 134 valence electrons. The van der Waals surface area contributed by atoms with Crippen molar-refractivity contribution in [2.45, 2.75) is 6.92 Å². The number of benzene rings is 2. The molecule has 0 saturated carbocycles. The van der Waals surface area contributed by atoms with E-state index in [4.69, 9.17) is 4.74 Å². The lowest BCUT2D eigenvalue weighted by molar-refractivity contribution is -0.385. The maximum atomic E-state index is 12.4. The van der Waals surface area contributed by atoms with Gasteiger partial charge in [0, 0.05) is 29.9 Å². The molecule has 0 unspecified atom stereocenters. The number of ether oxygens (including phenoxy) is 1. The summed E-state index contributed by atoms with van der Waals surface area (Å²) in [5.41, 5.74) is 1.47. The van der Waals surface area contributed by atoms with E-state index in [0.717, 1.165) is 0 Å². The number of hydrogen-bond acceptors (Lipinski definition) is 5. The summed E-state index contributed by atoms with van der Waals surface area (Å²) in [5.74, 6) is -0.124. The summed E-state index contributed by atoms with van der Waals surface area (Å²) in [6.45, 7) is 2.46. The van der Waals surface area contributed by atoms with Gasteiger partial charge in [-0.05, 0) is 37.3 Å². The molecule has 0 atom stereocenters. The molecule has 1 heterocycles. The lowest BCUT2D eigenvalue weighted by atomic mass is 10.1. The largest absolute Gasteiger partial charge is 0.491 e. The van der Waals surface area contributed by atoms with Crippen molar-refractivity contribution in [3.8, 4) is 5.75 Å². The summed E-state index contributed by atoms with van der Waals surface area (Å²) >= 11 is 0. The van der Waals surface area contributed by atoms with Crippen LogP contribution in [0.15, 0.2) is 36.4 Å². The lowest BCUT2D eigenvalue weighted by Crippen LogP contribution is -2.27. The Kier molecular flexibility index (Phi) is 4.57. The third-order valence-corrected chi connectivity index (χ3v) is 4.15. The number of fused-ring (bicyclic) bond motifs is 1. The molecular weight excluding hydrogens is 338 g/mol. The van der Waals surface area contributed by atoms with Crippen LogP contribution in [0.3, 0.4) is 0 Å². The fraction of sp³-hybridized carbons (Fsp3) is 0.222. The van der Waals surface area contributed by atoms with Crippen molar-refractivity contribution in [1.29, 1.82) is 0 Å². The predicted molar refractivity (Wildman–Crippen MR) is 94.7 cm³/mol. The van der Waals surface area contributed by atoms with E-state index in [-0.39, 0.29) is 11.6 Å². The molecule has 2 aromatic rings. The van der Waals surface area contributed by atoms with Crippen molar-refractivity contribution in [1.82, 2.24) is 4.90 Å². The van der Waals surface area contributed by atoms with Gasteiger partial charge in [0.1, 0.15) is 12.4 Å². The SMILES string of the molecule is Cc1cc(C(=O)Nc2ccc3c(c2)C(=O)N(C)CCO3)ccc1[N+](=O)[O-]. The van der Waals surface area contributed by atoms with E-state index < -0.39 is 10.8 Å². The van der Waals surface area contributed by atoms with Crippen LogP contribution in [-0.2, 0) is 0 Å². The van der Waals surface area contributed by atoms with E-state index in [9.17, 15) is 19.7 Å². The number of nitro benzene ring substituents is 1. The third kappa shape index (κ3) is 3.34. The Morgan fingerprint density at radius 1 is 1.27 bits per heavy atom. The number of rotatable bonds is 3. The quantitative estimate of drug-likeness (QED) is 0.673. The summed E-state index contributed by atoms with van der Waals surface area (Å²) in [5, 5.41) is 13.6. The van der Waals surface area contributed by atoms with Crippen LogP contribution in [-0.4, -0.2) is 41.8 Å². The summed E-state index contributed by atoms with van der Waals surface area (Å²) in [4.78, 5) is 36.7. The van der Waals surface area contributed by atoms with Gasteiger partial charge in [0.15, 0.2) is 0 Å². The molecule has 0 aromatic heterocycles. The number of nitrogens with one attached hydrogen (secondary N) is 1. The molecule has 8 nitrogen and oxygen atoms in total. The van der Waals surface area contributed by atoms with Crippen LogP contribution in [0.25, 0.3) is 0 Å². The minimum Gasteiger partial charge on any atom is -0.491 e. The highest BCUT2D eigenvalue weighted by atomic mass is 16.6. The zero-order valence-corrected chi connectivity index (χ0v) is 14.3. The molecule has 2 aromatic carbocycles. The zero-order valence-electron chi connectivity index (χ0n) is 14.3. The number of carbonyl (C=O) groups is 2. The average molecular weight is 355 g/mol. The Morgan fingerprint density at radius 2 is 2.04 bits per heavy atom. The van der Waals surface area contributed by atoms with E-state index in [1.165, 1.54) is 18.2 Å². The van der Waals surface area contributed by atoms with Crippen LogP contribution in [0.4, 0.5) is 11.4 Å². The first kappa shape index (κ1) is 17.4. The van der Waals surface area contributed by atoms with Crippen molar-refractivity contribution in [2.75, 3.05) is 25.5 Å². The zero-order chi connectivity index (χ0) is 18.8. The number of hydrogen-bond donors (Lipinski definition) is 1. The molecule has 0 bridgehead atoms. The first-order chi connectivity index (χ1) is 12.4. The van der Waals surface area contributed by atoms with Gasteiger partial charge in [-0.3, -0.25) is 19.7 Å². The van der Waals surface area contributed by atoms with Gasteiger partial charge in [-0.25, -0.2) is 0 Å². The molecule has 2 amide bonds. The topological polar surface area (TPSA) is 102 Å². The maximum absolute atomic E-state index is 12.4. The van der Waals surface area contributed by atoms with Gasteiger partial charge >= 0.3 is 0 Å². The highest BCUT2D eigenvalue weighted by Gasteiger charge is 2.22. The summed E-state index contributed by atoms with van der Waals surface area (Å²) in [7, 11) is 1.69. The molecule has 1 N–H and O–H groups in total. The third-order valence-electron chi connectivity index (χ3n) is 4.15. The van der Waals surface area contributed by atoms with Crippen molar-refractivity contribution >= 4 is 23.2 Å². The van der Waals surface area contributed by atoms with Crippen molar-refractivity contribution < 1.29 is 19.2 Å². The number of aryl methyl sites for hydroxylation is 1. The molecular formula is C18H17N3O5. The van der Waals surface area contributed by atoms with Crippen LogP contribution in [0, 0.1) is 17.0 Å². The van der Waals surface area contributed by atoms with Gasteiger partial charge in [0.05, 0.1) is 17.0 Å². The molecule has 0 fully saturated rings. The number of nitro groups is 1. The Labute approximate surface area is 149 Å². The summed E-state index contributed by atoms with van der Waals surface area (Å²) in [6.07, 6.45) is 0. The monoisotopic (exact) mass is 355 g/mol. The van der Waals surface area contributed by atoms with Gasteiger partial charge in [-0.2, -0.15) is 0 Å². The van der Waals surface area contributed by atoms with Crippen LogP contribution < -0.4 is 10.1 Å². The Hall–Kier alpha value is -3.42. The Bertz CT molecular complexity index is 910. The summed E-state index contributed by atoms with van der Waals surface area (Å²) < 4.78 is 5.55. The van der Waals surface area contributed by atoms with Crippen molar-refractivity contribution in [2.24, 2.45) is 0 Å². The molecule has 0 saturated heterocycles. The van der Waals surface area contributed by atoms with E-state index in [1.807, 2.05) is 0 Å². The molecule has 8 heteroatoms. The number of nitrogens with zero attached hydrogens (tertiary/aromatic N) is 2. The summed E-state index contributed by atoms with van der Waals surface area (Å²) in [6, 6.07) is 9.00. The maximum Gasteiger partial charge on any atom is 0.272 e. The lowest BCUT2D eigenvalue weighted by Gasteiger charge is -2.13. The van der Waals surface area contributed by atoms with Gasteiger partial charge in [-0.15, -0.1) is 0 Å². The van der Waals surface area contributed by atoms with Crippen LogP contribution in [0.2, 0.25) is 0 Å². The highest BCUT2D eigenvalue weighted by molar-refractivity contribution is 6.06. The molecule has 1 aliphatic heterocycles. The first-order valence-corrected chi connectivity index (χ1v) is 7.95. The van der Waals surface area contributed by atoms with Gasteiger partial charge in [0.25, 0.3) is 17.5 Å². The highest BCUT2D eigenvalue weighted by Crippen LogP contribution is 2.26. The van der Waals surface area contributed by atoms with E-state index >= 15 is 0 Å². The smallest absolute Gasteiger partial charge is 0.272 e. The van der Waals surface area contributed by atoms with E-state index in [1.54, 1.807) is 37.1 Å². The Morgan fingerprint density at radius 3 is 2.73 bits per heavy atom. The fourth-order valence-corrected chi connectivity index (χ4v) is 2.71. The van der Waals surface area contributed by atoms with Crippen LogP contribution in [0.1, 0.15) is 26.3 Å². The number of carbonyl (C=O) groups excluding carboxylic acids is 2. The minimum atomic E-state index is -0.494. The predicted octanol–water partition coefficient (Wildman–Crippen LogP) is 2.62. The molecule has 3 rings (SSSR count). The number of amides is 2. The van der Waals surface area contributed by atoms with Gasteiger partial charge in [-0.1, -0.05) is 0 Å². The second kappa shape index (κ2) is 6.83. The molecule has 0 aliphatic carbocycles. The van der Waals surface area contributed by atoms with Gasteiger partial charge < -0.3 is 15.0 Å². The second-order valence-corrected chi connectivity index (χ2v) is 6.00.